The number of allylic oxidation sites excluding steroid dienone is 2. The fourth-order valence-corrected chi connectivity index (χ4v) is 2.82. The molecule has 114 valence electrons. The van der Waals surface area contributed by atoms with Gasteiger partial charge in [0.15, 0.2) is 0 Å². The van der Waals surface area contributed by atoms with Crippen molar-refractivity contribution in [3.8, 4) is 6.07 Å². The van der Waals surface area contributed by atoms with E-state index in [1.165, 1.54) is 13.2 Å². The topological polar surface area (TPSA) is 85.3 Å². The van der Waals surface area contributed by atoms with E-state index < -0.39 is 11.9 Å². The number of ether oxygens (including phenoxy) is 2. The quantitative estimate of drug-likeness (QED) is 0.836. The van der Waals surface area contributed by atoms with E-state index in [-0.39, 0.29) is 22.8 Å². The molecule has 0 radical (unpaired) electrons. The molecule has 0 spiro atoms. The van der Waals surface area contributed by atoms with Crippen molar-refractivity contribution >= 4 is 29.2 Å². The number of nitrogens with zero attached hydrogens (tertiary/aromatic N) is 1. The lowest BCUT2D eigenvalue weighted by Crippen LogP contribution is -2.25. The second kappa shape index (κ2) is 6.30. The van der Waals surface area contributed by atoms with Crippen LogP contribution in [0, 0.1) is 11.3 Å². The maximum Gasteiger partial charge on any atom is 0.338 e. The van der Waals surface area contributed by atoms with Gasteiger partial charge < -0.3 is 15.2 Å². The highest BCUT2D eigenvalue weighted by Crippen LogP contribution is 2.42. The zero-order valence-electron chi connectivity index (χ0n) is 11.8. The van der Waals surface area contributed by atoms with Gasteiger partial charge in [-0.1, -0.05) is 29.3 Å². The minimum atomic E-state index is -0.768. The lowest BCUT2D eigenvalue weighted by Gasteiger charge is -2.27. The Morgan fingerprint density at radius 3 is 2.68 bits per heavy atom. The van der Waals surface area contributed by atoms with Crippen LogP contribution in [-0.4, -0.2) is 13.1 Å². The van der Waals surface area contributed by atoms with Crippen LogP contribution in [0.5, 0.6) is 0 Å². The number of hydrogen-bond acceptors (Lipinski definition) is 5. The molecule has 0 unspecified atom stereocenters. The number of nitriles is 1. The van der Waals surface area contributed by atoms with Crippen LogP contribution in [-0.2, 0) is 14.3 Å². The largest absolute Gasteiger partial charge is 0.466 e. The Balaban J connectivity index is 2.71. The third-order valence-corrected chi connectivity index (χ3v) is 3.85. The predicted octanol–water partition coefficient (Wildman–Crippen LogP) is 3.25. The Bertz CT molecular complexity index is 748. The fraction of sp³-hybridized carbons (Fsp3) is 0.200. The van der Waals surface area contributed by atoms with Crippen molar-refractivity contribution in [2.75, 3.05) is 7.11 Å². The summed E-state index contributed by atoms with van der Waals surface area (Å²) in [5, 5.41) is 10.1. The van der Waals surface area contributed by atoms with Crippen molar-refractivity contribution in [1.82, 2.24) is 0 Å². The number of rotatable bonds is 2. The molecule has 1 heterocycles. The van der Waals surface area contributed by atoms with Crippen LogP contribution in [0.2, 0.25) is 10.0 Å². The van der Waals surface area contributed by atoms with Crippen molar-refractivity contribution in [2.24, 2.45) is 5.73 Å². The normalized spacial score (nSPS) is 17.9. The molecule has 0 aromatic heterocycles. The highest BCUT2D eigenvalue weighted by atomic mass is 35.5. The van der Waals surface area contributed by atoms with E-state index in [4.69, 9.17) is 38.4 Å². The number of methoxy groups -OCH3 is 1. The number of carbonyl (C=O) groups is 1. The summed E-state index contributed by atoms with van der Waals surface area (Å²) in [7, 11) is 1.25. The van der Waals surface area contributed by atoms with E-state index in [1.54, 1.807) is 19.1 Å². The van der Waals surface area contributed by atoms with Crippen LogP contribution >= 0.6 is 23.2 Å². The van der Waals surface area contributed by atoms with E-state index >= 15 is 0 Å². The summed E-state index contributed by atoms with van der Waals surface area (Å²) in [5.41, 5.74) is 6.56. The van der Waals surface area contributed by atoms with E-state index in [0.29, 0.717) is 15.6 Å². The van der Waals surface area contributed by atoms with Crippen molar-refractivity contribution < 1.29 is 14.3 Å². The number of nitrogens with two attached hydrogens (primary N) is 1. The van der Waals surface area contributed by atoms with Crippen molar-refractivity contribution in [3.63, 3.8) is 0 Å². The number of benzene rings is 1. The van der Waals surface area contributed by atoms with Crippen LogP contribution in [0.3, 0.4) is 0 Å². The van der Waals surface area contributed by atoms with Crippen molar-refractivity contribution in [2.45, 2.75) is 12.8 Å². The van der Waals surface area contributed by atoms with Gasteiger partial charge in [0.2, 0.25) is 5.88 Å². The Labute approximate surface area is 137 Å². The van der Waals surface area contributed by atoms with Crippen LogP contribution in [0.25, 0.3) is 0 Å². The molecule has 2 rings (SSSR count). The first-order valence-electron chi connectivity index (χ1n) is 6.22. The molecule has 0 aliphatic carbocycles. The van der Waals surface area contributed by atoms with E-state index in [0.717, 1.165) is 0 Å². The SMILES string of the molecule is COC(=O)C1=C(C)OC(N)=C(C#N)[C@@H]1c1ccc(Cl)cc1Cl. The summed E-state index contributed by atoms with van der Waals surface area (Å²) in [6.07, 6.45) is 0. The Morgan fingerprint density at radius 2 is 2.14 bits per heavy atom. The third kappa shape index (κ3) is 2.76. The molecule has 1 aromatic carbocycles. The molecule has 2 N–H and O–H groups in total. The molecule has 0 bridgehead atoms. The Hall–Kier alpha value is -2.16. The lowest BCUT2D eigenvalue weighted by atomic mass is 9.83. The first-order chi connectivity index (χ1) is 10.4. The summed E-state index contributed by atoms with van der Waals surface area (Å²) < 4.78 is 10.1. The fourth-order valence-electron chi connectivity index (χ4n) is 2.30. The molecule has 1 aliphatic rings. The highest BCUT2D eigenvalue weighted by molar-refractivity contribution is 6.35. The summed E-state index contributed by atoms with van der Waals surface area (Å²) in [6.45, 7) is 1.57. The molecule has 0 saturated heterocycles. The maximum absolute atomic E-state index is 12.1. The average molecular weight is 339 g/mol. The van der Waals surface area contributed by atoms with Gasteiger partial charge in [-0.15, -0.1) is 0 Å². The Kier molecular flexibility index (Phi) is 4.65. The minimum Gasteiger partial charge on any atom is -0.466 e. The highest BCUT2D eigenvalue weighted by Gasteiger charge is 2.37. The van der Waals surface area contributed by atoms with Crippen LogP contribution < -0.4 is 5.73 Å². The number of esters is 1. The maximum atomic E-state index is 12.1. The van der Waals surface area contributed by atoms with Crippen molar-refractivity contribution in [3.05, 3.63) is 56.6 Å². The molecule has 22 heavy (non-hydrogen) atoms. The number of halogens is 2. The zero-order chi connectivity index (χ0) is 16.4. The van der Waals surface area contributed by atoms with E-state index in [2.05, 4.69) is 0 Å². The van der Waals surface area contributed by atoms with E-state index in [1.807, 2.05) is 6.07 Å². The smallest absolute Gasteiger partial charge is 0.338 e. The summed E-state index contributed by atoms with van der Waals surface area (Å²) in [4.78, 5) is 12.1. The first kappa shape index (κ1) is 16.2. The van der Waals surface area contributed by atoms with Gasteiger partial charge in [-0.3, -0.25) is 0 Å². The van der Waals surface area contributed by atoms with Gasteiger partial charge in [0, 0.05) is 10.0 Å². The molecular weight excluding hydrogens is 327 g/mol. The number of carbonyl (C=O) groups excluding carboxylic acids is 1. The van der Waals surface area contributed by atoms with E-state index in [9.17, 15) is 10.1 Å². The van der Waals surface area contributed by atoms with Crippen LogP contribution in [0.4, 0.5) is 0 Å². The van der Waals surface area contributed by atoms with Crippen LogP contribution in [0.15, 0.2) is 41.0 Å². The third-order valence-electron chi connectivity index (χ3n) is 3.28. The predicted molar refractivity (Wildman–Crippen MR) is 81.8 cm³/mol. The van der Waals surface area contributed by atoms with Crippen LogP contribution in [0.1, 0.15) is 18.4 Å². The molecule has 5 nitrogen and oxygen atoms in total. The molecular formula is C15H12Cl2N2O3. The van der Waals surface area contributed by atoms with Gasteiger partial charge in [0.1, 0.15) is 17.4 Å². The van der Waals surface area contributed by atoms with Gasteiger partial charge in [-0.25, -0.2) is 4.79 Å². The molecule has 0 fully saturated rings. The summed E-state index contributed by atoms with van der Waals surface area (Å²) >= 11 is 12.1. The average Bonchev–Trinajstić information content (AvgIpc) is 2.46. The monoisotopic (exact) mass is 338 g/mol. The molecule has 1 aromatic rings. The van der Waals surface area contributed by atoms with Gasteiger partial charge >= 0.3 is 5.97 Å². The number of hydrogen-bond donors (Lipinski definition) is 1. The zero-order valence-corrected chi connectivity index (χ0v) is 13.3. The summed E-state index contributed by atoms with van der Waals surface area (Å²) in [6, 6.07) is 6.76. The minimum absolute atomic E-state index is 0.0660. The van der Waals surface area contributed by atoms with Gasteiger partial charge in [-0.2, -0.15) is 5.26 Å². The van der Waals surface area contributed by atoms with Gasteiger partial charge in [0.25, 0.3) is 0 Å². The molecule has 1 atom stereocenters. The summed E-state index contributed by atoms with van der Waals surface area (Å²) in [5.74, 6) is -1.19. The lowest BCUT2D eigenvalue weighted by molar-refractivity contribution is -0.136. The standard InChI is InChI=1S/C15H12Cl2N2O3/c1-7-12(15(20)21-2)13(10(6-18)14(19)22-7)9-4-3-8(16)5-11(9)17/h3-5,13H,19H2,1-2H3/t13-/m0/s1. The molecule has 7 heteroatoms. The van der Waals surface area contributed by atoms with Crippen molar-refractivity contribution in [1.29, 1.82) is 5.26 Å². The first-order valence-corrected chi connectivity index (χ1v) is 6.97. The second-order valence-electron chi connectivity index (χ2n) is 4.55. The van der Waals surface area contributed by atoms with Gasteiger partial charge in [-0.05, 0) is 24.6 Å². The second-order valence-corrected chi connectivity index (χ2v) is 5.40. The Morgan fingerprint density at radius 1 is 1.45 bits per heavy atom. The van der Waals surface area contributed by atoms with Gasteiger partial charge in [0.05, 0.1) is 18.6 Å². The molecule has 0 amide bonds. The molecule has 0 saturated carbocycles. The molecule has 1 aliphatic heterocycles.